The van der Waals surface area contributed by atoms with E-state index in [1.165, 1.54) is 6.26 Å². The van der Waals surface area contributed by atoms with Crippen LogP contribution in [0.2, 0.25) is 0 Å². The summed E-state index contributed by atoms with van der Waals surface area (Å²) in [5, 5.41) is 12.5. The van der Waals surface area contributed by atoms with Crippen molar-refractivity contribution >= 4 is 5.91 Å². The van der Waals surface area contributed by atoms with Crippen LogP contribution in [0.1, 0.15) is 27.2 Å². The fourth-order valence-electron chi connectivity index (χ4n) is 2.01. The van der Waals surface area contributed by atoms with Crippen LogP contribution in [0.4, 0.5) is 0 Å². The maximum Gasteiger partial charge on any atom is 0.286 e. The molecular formula is C15H17NO3. The van der Waals surface area contributed by atoms with Crippen LogP contribution in [0.25, 0.3) is 0 Å². The highest BCUT2D eigenvalue weighted by Crippen LogP contribution is 2.22. The molecule has 0 fully saturated rings. The summed E-state index contributed by atoms with van der Waals surface area (Å²) in [7, 11) is 0. The second-order valence-electron chi connectivity index (χ2n) is 4.56. The van der Waals surface area contributed by atoms with Gasteiger partial charge in [-0.15, -0.1) is 0 Å². The summed E-state index contributed by atoms with van der Waals surface area (Å²) in [5.41, 5.74) is 2.80. The van der Waals surface area contributed by atoms with Crippen molar-refractivity contribution in [2.24, 2.45) is 0 Å². The average Bonchev–Trinajstić information content (AvgIpc) is 2.89. The Labute approximate surface area is 112 Å². The SMILES string of the molecule is Cc1cc(CCNC(=O)c2ccco2)cc(C)c1O. The lowest BCUT2D eigenvalue weighted by Gasteiger charge is -2.08. The van der Waals surface area contributed by atoms with E-state index >= 15 is 0 Å². The van der Waals surface area contributed by atoms with Crippen molar-refractivity contribution in [3.63, 3.8) is 0 Å². The Morgan fingerprint density at radius 1 is 1.32 bits per heavy atom. The molecule has 0 aliphatic rings. The van der Waals surface area contributed by atoms with Gasteiger partial charge in [0.25, 0.3) is 5.91 Å². The van der Waals surface area contributed by atoms with Crippen molar-refractivity contribution < 1.29 is 14.3 Å². The van der Waals surface area contributed by atoms with Crippen molar-refractivity contribution in [2.45, 2.75) is 20.3 Å². The van der Waals surface area contributed by atoms with Gasteiger partial charge >= 0.3 is 0 Å². The van der Waals surface area contributed by atoms with E-state index < -0.39 is 0 Å². The first-order chi connectivity index (χ1) is 9.08. The zero-order valence-electron chi connectivity index (χ0n) is 11.1. The number of furan rings is 1. The second kappa shape index (κ2) is 5.61. The molecule has 0 saturated heterocycles. The van der Waals surface area contributed by atoms with Crippen molar-refractivity contribution in [3.05, 3.63) is 53.0 Å². The van der Waals surface area contributed by atoms with Crippen molar-refractivity contribution in [3.8, 4) is 5.75 Å². The lowest BCUT2D eigenvalue weighted by atomic mass is 10.0. The standard InChI is InChI=1S/C15H17NO3/c1-10-8-12(9-11(2)14(10)17)5-6-16-15(18)13-4-3-7-19-13/h3-4,7-9,17H,5-6H2,1-2H3,(H,16,18). The van der Waals surface area contributed by atoms with Gasteiger partial charge in [-0.3, -0.25) is 4.79 Å². The molecule has 0 unspecified atom stereocenters. The van der Waals surface area contributed by atoms with E-state index in [0.717, 1.165) is 16.7 Å². The van der Waals surface area contributed by atoms with E-state index in [1.807, 2.05) is 26.0 Å². The monoisotopic (exact) mass is 259 g/mol. The highest BCUT2D eigenvalue weighted by atomic mass is 16.3. The van der Waals surface area contributed by atoms with Crippen LogP contribution in [-0.2, 0) is 6.42 Å². The molecule has 2 aromatic rings. The number of carbonyl (C=O) groups is 1. The maximum atomic E-state index is 11.6. The number of aryl methyl sites for hydroxylation is 2. The van der Waals surface area contributed by atoms with Crippen LogP contribution in [0.5, 0.6) is 5.75 Å². The maximum absolute atomic E-state index is 11.6. The fourth-order valence-corrected chi connectivity index (χ4v) is 2.01. The van der Waals surface area contributed by atoms with E-state index in [9.17, 15) is 9.90 Å². The molecule has 1 aromatic carbocycles. The van der Waals surface area contributed by atoms with Crippen molar-refractivity contribution in [2.75, 3.05) is 6.54 Å². The number of rotatable bonds is 4. The van der Waals surface area contributed by atoms with Gasteiger partial charge in [0.15, 0.2) is 5.76 Å². The summed E-state index contributed by atoms with van der Waals surface area (Å²) < 4.78 is 5.01. The van der Waals surface area contributed by atoms with E-state index in [-0.39, 0.29) is 5.91 Å². The lowest BCUT2D eigenvalue weighted by Crippen LogP contribution is -2.25. The Bertz CT molecular complexity index is 550. The predicted molar refractivity (Wildman–Crippen MR) is 72.3 cm³/mol. The largest absolute Gasteiger partial charge is 0.507 e. The molecule has 4 nitrogen and oxygen atoms in total. The van der Waals surface area contributed by atoms with Crippen LogP contribution in [-0.4, -0.2) is 17.6 Å². The summed E-state index contributed by atoms with van der Waals surface area (Å²) in [6.45, 7) is 4.27. The number of hydrogen-bond donors (Lipinski definition) is 2. The molecule has 0 aliphatic heterocycles. The van der Waals surface area contributed by atoms with Crippen molar-refractivity contribution in [1.82, 2.24) is 5.32 Å². The van der Waals surface area contributed by atoms with Crippen LogP contribution < -0.4 is 5.32 Å². The smallest absolute Gasteiger partial charge is 0.286 e. The molecule has 2 N–H and O–H groups in total. The normalized spacial score (nSPS) is 10.4. The number of benzene rings is 1. The first-order valence-electron chi connectivity index (χ1n) is 6.18. The Balaban J connectivity index is 1.91. The minimum atomic E-state index is -0.211. The van der Waals surface area contributed by atoms with E-state index in [0.29, 0.717) is 24.5 Å². The van der Waals surface area contributed by atoms with Gasteiger partial charge in [0.05, 0.1) is 6.26 Å². The molecule has 1 aromatic heterocycles. The molecule has 2 rings (SSSR count). The van der Waals surface area contributed by atoms with Gasteiger partial charge in [-0.2, -0.15) is 0 Å². The van der Waals surface area contributed by atoms with Gasteiger partial charge < -0.3 is 14.8 Å². The highest BCUT2D eigenvalue weighted by Gasteiger charge is 2.08. The number of hydrogen-bond acceptors (Lipinski definition) is 3. The lowest BCUT2D eigenvalue weighted by molar-refractivity contribution is 0.0926. The molecule has 0 bridgehead atoms. The van der Waals surface area contributed by atoms with Gasteiger partial charge in [-0.25, -0.2) is 0 Å². The van der Waals surface area contributed by atoms with Crippen LogP contribution in [0.15, 0.2) is 34.9 Å². The highest BCUT2D eigenvalue weighted by molar-refractivity contribution is 5.91. The summed E-state index contributed by atoms with van der Waals surface area (Å²) in [4.78, 5) is 11.6. The topological polar surface area (TPSA) is 62.5 Å². The first-order valence-corrected chi connectivity index (χ1v) is 6.18. The number of amides is 1. The molecule has 0 radical (unpaired) electrons. The molecule has 0 saturated carbocycles. The Morgan fingerprint density at radius 3 is 2.58 bits per heavy atom. The van der Waals surface area contributed by atoms with Gasteiger partial charge in [0, 0.05) is 6.54 Å². The third-order valence-electron chi connectivity index (χ3n) is 3.00. The molecular weight excluding hydrogens is 242 g/mol. The zero-order chi connectivity index (χ0) is 13.8. The number of nitrogens with one attached hydrogen (secondary N) is 1. The van der Waals surface area contributed by atoms with E-state index in [4.69, 9.17) is 4.42 Å². The minimum Gasteiger partial charge on any atom is -0.507 e. The summed E-state index contributed by atoms with van der Waals surface area (Å²) in [6.07, 6.45) is 2.19. The van der Waals surface area contributed by atoms with Crippen LogP contribution in [0, 0.1) is 13.8 Å². The molecule has 1 amide bonds. The minimum absolute atomic E-state index is 0.211. The number of phenolic OH excluding ortho intramolecular Hbond substituents is 1. The fraction of sp³-hybridized carbons (Fsp3) is 0.267. The Hall–Kier alpha value is -2.23. The predicted octanol–water partition coefficient (Wildman–Crippen LogP) is 2.57. The molecule has 19 heavy (non-hydrogen) atoms. The van der Waals surface area contributed by atoms with Gasteiger partial charge in [0.2, 0.25) is 0 Å². The third-order valence-corrected chi connectivity index (χ3v) is 3.00. The summed E-state index contributed by atoms with van der Waals surface area (Å²) in [5.74, 6) is 0.443. The molecule has 0 atom stereocenters. The Kier molecular flexibility index (Phi) is 3.90. The van der Waals surface area contributed by atoms with E-state index in [1.54, 1.807) is 12.1 Å². The molecule has 4 heteroatoms. The first kappa shape index (κ1) is 13.2. The Morgan fingerprint density at radius 2 is 2.00 bits per heavy atom. The third kappa shape index (κ3) is 3.16. The van der Waals surface area contributed by atoms with Gasteiger partial charge in [-0.05, 0) is 49.1 Å². The molecule has 0 spiro atoms. The van der Waals surface area contributed by atoms with Crippen LogP contribution in [0.3, 0.4) is 0 Å². The molecule has 100 valence electrons. The van der Waals surface area contributed by atoms with Crippen LogP contribution >= 0.6 is 0 Å². The second-order valence-corrected chi connectivity index (χ2v) is 4.56. The quantitative estimate of drug-likeness (QED) is 0.887. The van der Waals surface area contributed by atoms with Crippen molar-refractivity contribution in [1.29, 1.82) is 0 Å². The van der Waals surface area contributed by atoms with E-state index in [2.05, 4.69) is 5.32 Å². The average molecular weight is 259 g/mol. The van der Waals surface area contributed by atoms with Gasteiger partial charge in [0.1, 0.15) is 5.75 Å². The molecule has 0 aliphatic carbocycles. The number of aromatic hydroxyl groups is 1. The summed E-state index contributed by atoms with van der Waals surface area (Å²) >= 11 is 0. The van der Waals surface area contributed by atoms with Gasteiger partial charge in [-0.1, -0.05) is 12.1 Å². The zero-order valence-corrected chi connectivity index (χ0v) is 11.1. The number of carbonyl (C=O) groups excluding carboxylic acids is 1. The summed E-state index contributed by atoms with van der Waals surface area (Å²) in [6, 6.07) is 7.18. The molecule has 1 heterocycles. The number of phenols is 1.